The van der Waals surface area contributed by atoms with Crippen LogP contribution in [-0.2, 0) is 19.1 Å². The number of rotatable bonds is 5. The van der Waals surface area contributed by atoms with Gasteiger partial charge < -0.3 is 15.2 Å². The van der Waals surface area contributed by atoms with Crippen LogP contribution in [0, 0.1) is 17.8 Å². The first-order valence-electron chi connectivity index (χ1n) is 6.64. The molecule has 20 heavy (non-hydrogen) atoms. The molecule has 3 atom stereocenters. The van der Waals surface area contributed by atoms with Crippen LogP contribution in [-0.4, -0.2) is 36.1 Å². The second-order valence-corrected chi connectivity index (χ2v) is 5.25. The van der Waals surface area contributed by atoms with E-state index in [0.717, 1.165) is 0 Å². The topological polar surface area (TPSA) is 92.7 Å². The number of carboxylic acids is 1. The zero-order valence-corrected chi connectivity index (χ0v) is 12.0. The number of aliphatic carboxylic acids is 1. The minimum absolute atomic E-state index is 0.131. The molecule has 1 aliphatic rings. The minimum Gasteiger partial charge on any atom is -0.481 e. The summed E-state index contributed by atoms with van der Waals surface area (Å²) in [5.74, 6) is -3.45. The Kier molecular flexibility index (Phi) is 5.73. The highest BCUT2D eigenvalue weighted by molar-refractivity contribution is 5.89. The SMILES string of the molecule is COC(=O)C(NC(=O)[C@@H]1CC=CC[C@@H]1C(=O)O)C(C)C. The van der Waals surface area contributed by atoms with Crippen LogP contribution in [0.4, 0.5) is 0 Å². The van der Waals surface area contributed by atoms with Crippen LogP contribution in [0.25, 0.3) is 0 Å². The van der Waals surface area contributed by atoms with E-state index in [0.29, 0.717) is 12.8 Å². The Morgan fingerprint density at radius 3 is 2.20 bits per heavy atom. The third-order valence-electron chi connectivity index (χ3n) is 3.51. The Balaban J connectivity index is 2.79. The fourth-order valence-electron chi connectivity index (χ4n) is 2.26. The third-order valence-corrected chi connectivity index (χ3v) is 3.51. The van der Waals surface area contributed by atoms with E-state index < -0.39 is 35.7 Å². The van der Waals surface area contributed by atoms with Crippen LogP contribution in [0.3, 0.4) is 0 Å². The number of nitrogens with one attached hydrogen (secondary N) is 1. The van der Waals surface area contributed by atoms with Gasteiger partial charge in [-0.3, -0.25) is 9.59 Å². The summed E-state index contributed by atoms with van der Waals surface area (Å²) in [7, 11) is 1.26. The Hall–Kier alpha value is -1.85. The van der Waals surface area contributed by atoms with E-state index in [1.54, 1.807) is 26.0 Å². The van der Waals surface area contributed by atoms with Crippen LogP contribution < -0.4 is 5.32 Å². The number of carboxylic acid groups (broad SMARTS) is 1. The van der Waals surface area contributed by atoms with E-state index >= 15 is 0 Å². The lowest BCUT2D eigenvalue weighted by molar-refractivity contribution is -0.149. The zero-order chi connectivity index (χ0) is 15.3. The fraction of sp³-hybridized carbons (Fsp3) is 0.643. The summed E-state index contributed by atoms with van der Waals surface area (Å²) >= 11 is 0. The molecule has 0 heterocycles. The van der Waals surface area contributed by atoms with Gasteiger partial charge in [-0.2, -0.15) is 0 Å². The lowest BCUT2D eigenvalue weighted by Gasteiger charge is -2.27. The number of allylic oxidation sites excluding steroid dienone is 2. The van der Waals surface area contributed by atoms with Crippen LogP contribution in [0.2, 0.25) is 0 Å². The molecule has 0 aromatic rings. The summed E-state index contributed by atoms with van der Waals surface area (Å²) in [5, 5.41) is 11.8. The smallest absolute Gasteiger partial charge is 0.328 e. The molecule has 0 bridgehead atoms. The molecule has 0 radical (unpaired) electrons. The summed E-state index contributed by atoms with van der Waals surface area (Å²) in [4.78, 5) is 35.0. The molecule has 0 saturated carbocycles. The van der Waals surface area contributed by atoms with Crippen molar-refractivity contribution in [2.24, 2.45) is 17.8 Å². The van der Waals surface area contributed by atoms with Gasteiger partial charge in [0.15, 0.2) is 0 Å². The molecule has 0 aliphatic heterocycles. The maximum atomic E-state index is 12.2. The Morgan fingerprint density at radius 2 is 1.75 bits per heavy atom. The van der Waals surface area contributed by atoms with Crippen LogP contribution in [0.1, 0.15) is 26.7 Å². The zero-order valence-electron chi connectivity index (χ0n) is 12.0. The molecule has 1 rings (SSSR count). The van der Waals surface area contributed by atoms with Crippen molar-refractivity contribution >= 4 is 17.8 Å². The molecular weight excluding hydrogens is 262 g/mol. The first kappa shape index (κ1) is 16.2. The van der Waals surface area contributed by atoms with Crippen molar-refractivity contribution < 1.29 is 24.2 Å². The van der Waals surface area contributed by atoms with Gasteiger partial charge in [0.2, 0.25) is 5.91 Å². The van der Waals surface area contributed by atoms with Crippen molar-refractivity contribution in [1.82, 2.24) is 5.32 Å². The highest BCUT2D eigenvalue weighted by Gasteiger charge is 2.36. The van der Waals surface area contributed by atoms with E-state index in [-0.39, 0.29) is 5.92 Å². The van der Waals surface area contributed by atoms with Crippen molar-refractivity contribution in [2.45, 2.75) is 32.7 Å². The molecule has 0 saturated heterocycles. The Bertz CT molecular complexity index is 416. The second kappa shape index (κ2) is 7.07. The van der Waals surface area contributed by atoms with Gasteiger partial charge in [-0.1, -0.05) is 26.0 Å². The first-order chi connectivity index (χ1) is 9.38. The van der Waals surface area contributed by atoms with Gasteiger partial charge in [0.25, 0.3) is 0 Å². The summed E-state index contributed by atoms with van der Waals surface area (Å²) in [6.07, 6.45) is 4.27. The average Bonchev–Trinajstić information content (AvgIpc) is 2.43. The van der Waals surface area contributed by atoms with E-state index in [1.165, 1.54) is 7.11 Å². The van der Waals surface area contributed by atoms with E-state index in [1.807, 2.05) is 0 Å². The molecule has 6 nitrogen and oxygen atoms in total. The van der Waals surface area contributed by atoms with E-state index in [2.05, 4.69) is 10.1 Å². The van der Waals surface area contributed by atoms with Gasteiger partial charge in [-0.15, -0.1) is 0 Å². The lowest BCUT2D eigenvalue weighted by atomic mass is 9.82. The third kappa shape index (κ3) is 3.82. The number of carbonyl (C=O) groups is 3. The van der Waals surface area contributed by atoms with Gasteiger partial charge in [0, 0.05) is 0 Å². The summed E-state index contributed by atoms with van der Waals surface area (Å²) in [6, 6.07) is -0.757. The van der Waals surface area contributed by atoms with E-state index in [9.17, 15) is 14.4 Å². The number of hydrogen-bond acceptors (Lipinski definition) is 4. The van der Waals surface area contributed by atoms with Crippen LogP contribution in [0.15, 0.2) is 12.2 Å². The summed E-state index contributed by atoms with van der Waals surface area (Å²) in [6.45, 7) is 3.58. The van der Waals surface area contributed by atoms with Crippen molar-refractivity contribution in [3.05, 3.63) is 12.2 Å². The lowest BCUT2D eigenvalue weighted by Crippen LogP contribution is -2.49. The van der Waals surface area contributed by atoms with Gasteiger partial charge in [-0.05, 0) is 18.8 Å². The number of esters is 1. The molecule has 1 unspecified atom stereocenters. The van der Waals surface area contributed by atoms with E-state index in [4.69, 9.17) is 5.11 Å². The molecule has 1 amide bonds. The number of carbonyl (C=O) groups excluding carboxylic acids is 2. The largest absolute Gasteiger partial charge is 0.481 e. The number of ether oxygens (including phenoxy) is 1. The van der Waals surface area contributed by atoms with Gasteiger partial charge in [-0.25, -0.2) is 4.79 Å². The molecule has 0 spiro atoms. The average molecular weight is 283 g/mol. The molecular formula is C14H21NO5. The van der Waals surface area contributed by atoms with Gasteiger partial charge >= 0.3 is 11.9 Å². The van der Waals surface area contributed by atoms with Crippen molar-refractivity contribution in [3.63, 3.8) is 0 Å². The van der Waals surface area contributed by atoms with Crippen LogP contribution >= 0.6 is 0 Å². The number of hydrogen-bond donors (Lipinski definition) is 2. The molecule has 0 fully saturated rings. The van der Waals surface area contributed by atoms with Gasteiger partial charge in [0.05, 0.1) is 18.9 Å². The molecule has 112 valence electrons. The molecule has 1 aliphatic carbocycles. The van der Waals surface area contributed by atoms with Gasteiger partial charge in [0.1, 0.15) is 6.04 Å². The normalized spacial score (nSPS) is 23.2. The number of amides is 1. The highest BCUT2D eigenvalue weighted by Crippen LogP contribution is 2.26. The standard InChI is InChI=1S/C14H21NO5/c1-8(2)11(14(19)20-3)15-12(16)9-6-4-5-7-10(9)13(17)18/h4-5,8-11H,6-7H2,1-3H3,(H,15,16)(H,17,18)/t9-,10+,11?/m1/s1. The highest BCUT2D eigenvalue weighted by atomic mass is 16.5. The first-order valence-corrected chi connectivity index (χ1v) is 6.64. The molecule has 2 N–H and O–H groups in total. The molecule has 0 aromatic heterocycles. The minimum atomic E-state index is -0.992. The van der Waals surface area contributed by atoms with Crippen molar-refractivity contribution in [2.75, 3.05) is 7.11 Å². The maximum Gasteiger partial charge on any atom is 0.328 e. The quantitative estimate of drug-likeness (QED) is 0.579. The number of methoxy groups -OCH3 is 1. The Morgan fingerprint density at radius 1 is 1.20 bits per heavy atom. The van der Waals surface area contributed by atoms with Crippen molar-refractivity contribution in [1.29, 1.82) is 0 Å². The second-order valence-electron chi connectivity index (χ2n) is 5.25. The predicted molar refractivity (Wildman–Crippen MR) is 71.8 cm³/mol. The van der Waals surface area contributed by atoms with Crippen LogP contribution in [0.5, 0.6) is 0 Å². The fourth-order valence-corrected chi connectivity index (χ4v) is 2.26. The monoisotopic (exact) mass is 283 g/mol. The molecule has 6 heteroatoms. The predicted octanol–water partition coefficient (Wildman–Crippen LogP) is 0.967. The summed E-state index contributed by atoms with van der Waals surface area (Å²) in [5.41, 5.74) is 0. The Labute approximate surface area is 118 Å². The van der Waals surface area contributed by atoms with Crippen molar-refractivity contribution in [3.8, 4) is 0 Å². The summed E-state index contributed by atoms with van der Waals surface area (Å²) < 4.78 is 4.65. The molecule has 0 aromatic carbocycles. The maximum absolute atomic E-state index is 12.2.